The predicted octanol–water partition coefficient (Wildman–Crippen LogP) is 4.20. The molecule has 0 aliphatic carbocycles. The van der Waals surface area contributed by atoms with Crippen LogP contribution in [0.15, 0.2) is 48.5 Å². The number of benzene rings is 2. The van der Waals surface area contributed by atoms with Crippen LogP contribution in [0.2, 0.25) is 0 Å². The average Bonchev–Trinajstić information content (AvgIpc) is 3.00. The first kappa shape index (κ1) is 16.6. The quantitative estimate of drug-likeness (QED) is 0.467. The number of hydrogen-bond donors (Lipinski definition) is 0. The van der Waals surface area contributed by atoms with E-state index < -0.39 is 0 Å². The summed E-state index contributed by atoms with van der Waals surface area (Å²) in [6.07, 6.45) is 5.25. The Morgan fingerprint density at radius 1 is 0.680 bits per heavy atom. The maximum absolute atomic E-state index is 4.42. The molecule has 0 radical (unpaired) electrons. The zero-order valence-electron chi connectivity index (χ0n) is 15.0. The summed E-state index contributed by atoms with van der Waals surface area (Å²) in [6, 6.07) is 17.6. The lowest BCUT2D eigenvalue weighted by Gasteiger charge is -2.23. The van der Waals surface area contributed by atoms with Crippen molar-refractivity contribution in [2.45, 2.75) is 32.2 Å². The van der Waals surface area contributed by atoms with Gasteiger partial charge in [-0.25, -0.2) is 0 Å². The minimum Gasteiger partial charge on any atom is -0.432 e. The van der Waals surface area contributed by atoms with Crippen LogP contribution >= 0.6 is 0 Å². The summed E-state index contributed by atoms with van der Waals surface area (Å²) >= 11 is 0. The third-order valence-electron chi connectivity index (χ3n) is 5.43. The van der Waals surface area contributed by atoms with E-state index in [1.165, 1.54) is 67.1 Å². The minimum atomic E-state index is 1.04. The first-order valence-electron chi connectivity index (χ1n) is 9.75. The molecule has 0 amide bonds. The Bertz CT molecular complexity index is 764. The standard InChI is InChI=1S/C22H28N2O/c1(7-13-23-15-17-25-18-16-23)2-8-14-24-21-11-5-3-9-19(21)20-10-4-6-12-22(20)24/h3-6,9-12H,1-2,7-8,13-18H2/p+1. The summed E-state index contributed by atoms with van der Waals surface area (Å²) in [6.45, 7) is 6.78. The van der Waals surface area contributed by atoms with E-state index in [0.29, 0.717) is 0 Å². The fraction of sp³-hybridized carbons (Fsp3) is 0.455. The van der Waals surface area contributed by atoms with Crippen molar-refractivity contribution in [3.05, 3.63) is 48.5 Å². The van der Waals surface area contributed by atoms with E-state index in [4.69, 9.17) is 0 Å². The number of aliphatic hydroxyl groups is 2. The Kier molecular flexibility index (Phi) is 5.34. The van der Waals surface area contributed by atoms with E-state index >= 15 is 0 Å². The maximum Gasteiger partial charge on any atom is 0.157 e. The van der Waals surface area contributed by atoms with Gasteiger partial charge in [0, 0.05) is 28.4 Å². The van der Waals surface area contributed by atoms with Crippen molar-refractivity contribution in [1.82, 2.24) is 9.47 Å². The van der Waals surface area contributed by atoms with Gasteiger partial charge in [0.2, 0.25) is 0 Å². The molecule has 1 aliphatic rings. The smallest absolute Gasteiger partial charge is 0.157 e. The number of rotatable bonds is 7. The highest BCUT2D eigenvalue weighted by Gasteiger charge is 2.12. The van der Waals surface area contributed by atoms with Crippen LogP contribution in [-0.2, 0) is 6.54 Å². The predicted molar refractivity (Wildman–Crippen MR) is 106 cm³/mol. The Balaban J connectivity index is 1.33. The monoisotopic (exact) mass is 337 g/mol. The van der Waals surface area contributed by atoms with Crippen molar-refractivity contribution in [2.75, 3.05) is 32.8 Å². The van der Waals surface area contributed by atoms with Crippen LogP contribution in [0.3, 0.4) is 0 Å². The highest BCUT2D eigenvalue weighted by atomic mass is 16.5. The fourth-order valence-electron chi connectivity index (χ4n) is 4.07. The Morgan fingerprint density at radius 2 is 1.24 bits per heavy atom. The van der Waals surface area contributed by atoms with E-state index in [2.05, 4.69) is 62.7 Å². The zero-order valence-corrected chi connectivity index (χ0v) is 15.0. The van der Waals surface area contributed by atoms with Gasteiger partial charge in [-0.2, -0.15) is 0 Å². The van der Waals surface area contributed by atoms with Gasteiger partial charge in [-0.15, -0.1) is 0 Å². The molecule has 0 unspecified atom stereocenters. The lowest BCUT2D eigenvalue weighted by molar-refractivity contribution is -0.0904. The molecule has 0 saturated carbocycles. The Labute approximate surface area is 150 Å². The number of unbranched alkanes of at least 4 members (excludes halogenated alkanes) is 3. The van der Waals surface area contributed by atoms with Gasteiger partial charge >= 0.3 is 0 Å². The van der Waals surface area contributed by atoms with Crippen LogP contribution in [-0.4, -0.2) is 47.1 Å². The molecule has 1 fully saturated rings. The van der Waals surface area contributed by atoms with E-state index in [1.807, 2.05) is 0 Å². The number of morpholine rings is 1. The molecule has 0 atom stereocenters. The van der Waals surface area contributed by atoms with Gasteiger partial charge in [0.1, 0.15) is 0 Å². The van der Waals surface area contributed by atoms with Gasteiger partial charge in [-0.3, -0.25) is 4.90 Å². The van der Waals surface area contributed by atoms with Crippen LogP contribution in [0, 0.1) is 0 Å². The molecule has 1 aromatic heterocycles. The summed E-state index contributed by atoms with van der Waals surface area (Å²) < 4.78 is 6.93. The van der Waals surface area contributed by atoms with Crippen LogP contribution in [0.25, 0.3) is 21.8 Å². The first-order chi connectivity index (χ1) is 12.4. The lowest BCUT2D eigenvalue weighted by Crippen LogP contribution is -2.38. The first-order valence-corrected chi connectivity index (χ1v) is 9.75. The van der Waals surface area contributed by atoms with Gasteiger partial charge in [0.15, 0.2) is 13.2 Å². The Hall–Kier alpha value is -1.84. The molecule has 25 heavy (non-hydrogen) atoms. The van der Waals surface area contributed by atoms with Crippen LogP contribution in [0.4, 0.5) is 0 Å². The summed E-state index contributed by atoms with van der Waals surface area (Å²) in [5.74, 6) is 0. The van der Waals surface area contributed by atoms with Crippen molar-refractivity contribution in [1.29, 1.82) is 0 Å². The number of ether oxygens (including phenoxy) is 1. The topological polar surface area (TPSA) is 21.0 Å². The summed E-state index contributed by atoms with van der Waals surface area (Å²) in [7, 11) is 0. The number of aryl methyl sites for hydroxylation is 1. The second-order valence-electron chi connectivity index (χ2n) is 7.11. The number of nitrogens with zero attached hydrogens (tertiary/aromatic N) is 2. The van der Waals surface area contributed by atoms with Crippen molar-refractivity contribution in [3.8, 4) is 0 Å². The maximum atomic E-state index is 4.42. The van der Waals surface area contributed by atoms with Gasteiger partial charge in [0.25, 0.3) is 0 Å². The molecule has 1 aliphatic heterocycles. The average molecular weight is 337 g/mol. The van der Waals surface area contributed by atoms with E-state index in [9.17, 15) is 0 Å². The molecular weight excluding hydrogens is 308 g/mol. The van der Waals surface area contributed by atoms with Crippen LogP contribution in [0.5, 0.6) is 0 Å². The van der Waals surface area contributed by atoms with Crippen molar-refractivity contribution in [3.63, 3.8) is 0 Å². The molecule has 3 nitrogen and oxygen atoms in total. The van der Waals surface area contributed by atoms with Crippen molar-refractivity contribution < 1.29 is 4.74 Å². The SMILES string of the molecule is c1ccc2c(c1)c1ccccc1n2CCCCCCN1CC[OH+]CC1. The Morgan fingerprint density at radius 3 is 1.88 bits per heavy atom. The lowest BCUT2D eigenvalue weighted by atomic mass is 10.2. The van der Waals surface area contributed by atoms with Gasteiger partial charge in [-0.1, -0.05) is 49.2 Å². The molecule has 4 rings (SSSR count). The number of aromatic nitrogens is 1. The van der Waals surface area contributed by atoms with Crippen molar-refractivity contribution in [2.24, 2.45) is 0 Å². The molecule has 2 aromatic carbocycles. The van der Waals surface area contributed by atoms with Crippen molar-refractivity contribution >= 4 is 21.8 Å². The second kappa shape index (κ2) is 8.03. The molecule has 2 heterocycles. The largest absolute Gasteiger partial charge is 0.432 e. The molecule has 132 valence electrons. The number of hydrogen-bond acceptors (Lipinski definition) is 1. The van der Waals surface area contributed by atoms with E-state index in [1.54, 1.807) is 0 Å². The molecule has 1 N–H and O–H groups in total. The van der Waals surface area contributed by atoms with Crippen LogP contribution < -0.4 is 0 Å². The fourth-order valence-corrected chi connectivity index (χ4v) is 4.07. The van der Waals surface area contributed by atoms with E-state index in [0.717, 1.165) is 19.8 Å². The molecule has 3 aromatic rings. The molecule has 0 spiro atoms. The second-order valence-corrected chi connectivity index (χ2v) is 7.11. The third kappa shape index (κ3) is 3.73. The van der Waals surface area contributed by atoms with Gasteiger partial charge in [-0.05, 0) is 31.5 Å². The number of para-hydroxylation sites is 2. The highest BCUT2D eigenvalue weighted by Crippen LogP contribution is 2.29. The van der Waals surface area contributed by atoms with Gasteiger partial charge in [0.05, 0.1) is 13.1 Å². The van der Waals surface area contributed by atoms with Gasteiger partial charge < -0.3 is 9.30 Å². The molecule has 0 bridgehead atoms. The molecule has 1 saturated heterocycles. The molecular formula is C22H29N2O+. The summed E-state index contributed by atoms with van der Waals surface area (Å²) in [4.78, 5) is 2.57. The van der Waals surface area contributed by atoms with Crippen LogP contribution in [0.1, 0.15) is 25.7 Å². The van der Waals surface area contributed by atoms with E-state index in [-0.39, 0.29) is 0 Å². The summed E-state index contributed by atoms with van der Waals surface area (Å²) in [5, 5.41) is 2.77. The minimum absolute atomic E-state index is 1.04. The number of fused-ring (bicyclic) bond motifs is 3. The zero-order chi connectivity index (χ0) is 16.9. The normalized spacial score (nSPS) is 16.0. The highest BCUT2D eigenvalue weighted by molar-refractivity contribution is 6.07. The third-order valence-corrected chi connectivity index (χ3v) is 5.43. The summed E-state index contributed by atoms with van der Waals surface area (Å²) in [5.41, 5.74) is 2.75. The molecule has 3 heteroatoms.